The van der Waals surface area contributed by atoms with Crippen molar-refractivity contribution in [2.75, 3.05) is 5.73 Å². The van der Waals surface area contributed by atoms with Crippen molar-refractivity contribution in [1.82, 2.24) is 0 Å². The standard InChI is InChI=1S/C12H19N/c1-9(12(2,3)4)10-6-5-7-11(13)8-10/h5-9H,13H2,1-4H3. The number of nitrogens with two attached hydrogens (primary N) is 1. The molecule has 72 valence electrons. The highest BCUT2D eigenvalue weighted by molar-refractivity contribution is 5.42. The van der Waals surface area contributed by atoms with Crippen LogP contribution in [0.25, 0.3) is 0 Å². The van der Waals surface area contributed by atoms with Crippen molar-refractivity contribution in [3.8, 4) is 0 Å². The lowest BCUT2D eigenvalue weighted by Gasteiger charge is -2.27. The number of benzene rings is 1. The minimum atomic E-state index is 0.299. The van der Waals surface area contributed by atoms with Crippen molar-refractivity contribution in [3.05, 3.63) is 29.8 Å². The van der Waals surface area contributed by atoms with E-state index >= 15 is 0 Å². The molecule has 0 aliphatic rings. The molecule has 0 aliphatic carbocycles. The summed E-state index contributed by atoms with van der Waals surface area (Å²) in [5.41, 5.74) is 8.22. The average Bonchev–Trinajstić information content (AvgIpc) is 2.01. The third-order valence-electron chi connectivity index (χ3n) is 2.71. The van der Waals surface area contributed by atoms with E-state index in [0.29, 0.717) is 11.3 Å². The summed E-state index contributed by atoms with van der Waals surface area (Å²) >= 11 is 0. The molecule has 1 rings (SSSR count). The van der Waals surface area contributed by atoms with Crippen LogP contribution in [0.3, 0.4) is 0 Å². The summed E-state index contributed by atoms with van der Waals surface area (Å²) in [7, 11) is 0. The molecule has 1 nitrogen and oxygen atoms in total. The maximum absolute atomic E-state index is 5.74. The molecule has 13 heavy (non-hydrogen) atoms. The van der Waals surface area contributed by atoms with Gasteiger partial charge in [0.1, 0.15) is 0 Å². The van der Waals surface area contributed by atoms with Crippen LogP contribution in [0.1, 0.15) is 39.2 Å². The van der Waals surface area contributed by atoms with Gasteiger partial charge < -0.3 is 5.73 Å². The fourth-order valence-corrected chi connectivity index (χ4v) is 1.33. The van der Waals surface area contributed by atoms with Gasteiger partial charge in [-0.05, 0) is 29.0 Å². The van der Waals surface area contributed by atoms with Crippen LogP contribution in [0.15, 0.2) is 24.3 Å². The van der Waals surface area contributed by atoms with Gasteiger partial charge in [0.2, 0.25) is 0 Å². The monoisotopic (exact) mass is 177 g/mol. The van der Waals surface area contributed by atoms with Crippen LogP contribution in [0.2, 0.25) is 0 Å². The molecule has 1 atom stereocenters. The van der Waals surface area contributed by atoms with E-state index < -0.39 is 0 Å². The Balaban J connectivity index is 2.96. The largest absolute Gasteiger partial charge is 0.399 e. The van der Waals surface area contributed by atoms with Crippen molar-refractivity contribution in [2.24, 2.45) is 5.41 Å². The molecule has 0 saturated carbocycles. The molecule has 0 amide bonds. The number of nitrogen functional groups attached to an aromatic ring is 1. The molecule has 1 unspecified atom stereocenters. The van der Waals surface area contributed by atoms with E-state index in [4.69, 9.17) is 5.73 Å². The van der Waals surface area contributed by atoms with E-state index in [1.807, 2.05) is 12.1 Å². The van der Waals surface area contributed by atoms with Crippen LogP contribution >= 0.6 is 0 Å². The van der Waals surface area contributed by atoms with E-state index in [-0.39, 0.29) is 0 Å². The van der Waals surface area contributed by atoms with Gasteiger partial charge in [0.05, 0.1) is 0 Å². The summed E-state index contributed by atoms with van der Waals surface area (Å²) in [4.78, 5) is 0. The summed E-state index contributed by atoms with van der Waals surface area (Å²) < 4.78 is 0. The Morgan fingerprint density at radius 2 is 1.85 bits per heavy atom. The van der Waals surface area contributed by atoms with Crippen molar-refractivity contribution in [1.29, 1.82) is 0 Å². The van der Waals surface area contributed by atoms with Crippen molar-refractivity contribution in [3.63, 3.8) is 0 Å². The maximum Gasteiger partial charge on any atom is 0.0316 e. The zero-order chi connectivity index (χ0) is 10.1. The minimum Gasteiger partial charge on any atom is -0.399 e. The predicted octanol–water partition coefficient (Wildman–Crippen LogP) is 3.42. The van der Waals surface area contributed by atoms with Gasteiger partial charge in [-0.1, -0.05) is 39.8 Å². The van der Waals surface area contributed by atoms with E-state index in [0.717, 1.165) is 5.69 Å². The highest BCUT2D eigenvalue weighted by atomic mass is 14.5. The van der Waals surface area contributed by atoms with Gasteiger partial charge in [0, 0.05) is 5.69 Å². The van der Waals surface area contributed by atoms with Gasteiger partial charge in [-0.2, -0.15) is 0 Å². The zero-order valence-electron chi connectivity index (χ0n) is 8.96. The Bertz CT molecular complexity index is 283. The molecule has 0 aromatic heterocycles. The molecule has 0 bridgehead atoms. The first kappa shape index (κ1) is 10.1. The van der Waals surface area contributed by atoms with Crippen molar-refractivity contribution in [2.45, 2.75) is 33.6 Å². The second-order valence-corrected chi connectivity index (χ2v) is 4.76. The Morgan fingerprint density at radius 3 is 2.31 bits per heavy atom. The number of hydrogen-bond donors (Lipinski definition) is 1. The van der Waals surface area contributed by atoms with Gasteiger partial charge in [-0.3, -0.25) is 0 Å². The SMILES string of the molecule is CC(c1cccc(N)c1)C(C)(C)C. The van der Waals surface area contributed by atoms with Crippen LogP contribution < -0.4 is 5.73 Å². The van der Waals surface area contributed by atoms with E-state index in [1.54, 1.807) is 0 Å². The van der Waals surface area contributed by atoms with Crippen LogP contribution in [0.5, 0.6) is 0 Å². The fraction of sp³-hybridized carbons (Fsp3) is 0.500. The second-order valence-electron chi connectivity index (χ2n) is 4.76. The first-order valence-electron chi connectivity index (χ1n) is 4.76. The van der Waals surface area contributed by atoms with Crippen molar-refractivity contribution < 1.29 is 0 Å². The minimum absolute atomic E-state index is 0.299. The van der Waals surface area contributed by atoms with E-state index in [2.05, 4.69) is 39.8 Å². The Hall–Kier alpha value is -0.980. The van der Waals surface area contributed by atoms with E-state index in [9.17, 15) is 0 Å². The van der Waals surface area contributed by atoms with Crippen LogP contribution in [0, 0.1) is 5.41 Å². The second kappa shape index (κ2) is 3.41. The van der Waals surface area contributed by atoms with Gasteiger partial charge >= 0.3 is 0 Å². The highest BCUT2D eigenvalue weighted by Crippen LogP contribution is 2.34. The molecule has 0 radical (unpaired) electrons. The highest BCUT2D eigenvalue weighted by Gasteiger charge is 2.21. The topological polar surface area (TPSA) is 26.0 Å². The molecular weight excluding hydrogens is 158 g/mol. The quantitative estimate of drug-likeness (QED) is 0.653. The molecule has 0 heterocycles. The molecule has 0 fully saturated rings. The van der Waals surface area contributed by atoms with Gasteiger partial charge in [0.25, 0.3) is 0 Å². The third-order valence-corrected chi connectivity index (χ3v) is 2.71. The maximum atomic E-state index is 5.74. The van der Waals surface area contributed by atoms with E-state index in [1.165, 1.54) is 5.56 Å². The smallest absolute Gasteiger partial charge is 0.0316 e. The number of hydrogen-bond acceptors (Lipinski definition) is 1. The Morgan fingerprint density at radius 1 is 1.23 bits per heavy atom. The van der Waals surface area contributed by atoms with Gasteiger partial charge in [-0.15, -0.1) is 0 Å². The summed E-state index contributed by atoms with van der Waals surface area (Å²) in [6.07, 6.45) is 0. The molecule has 1 aromatic carbocycles. The van der Waals surface area contributed by atoms with Gasteiger partial charge in [-0.25, -0.2) is 0 Å². The van der Waals surface area contributed by atoms with Gasteiger partial charge in [0.15, 0.2) is 0 Å². The first-order chi connectivity index (χ1) is 5.91. The molecule has 0 saturated heterocycles. The summed E-state index contributed by atoms with van der Waals surface area (Å²) in [6.45, 7) is 9.00. The lowest BCUT2D eigenvalue weighted by atomic mass is 9.78. The molecule has 1 heteroatoms. The predicted molar refractivity (Wildman–Crippen MR) is 58.7 cm³/mol. The third kappa shape index (κ3) is 2.48. The molecule has 0 aliphatic heterocycles. The fourth-order valence-electron chi connectivity index (χ4n) is 1.33. The summed E-state index contributed by atoms with van der Waals surface area (Å²) in [5.74, 6) is 0.538. The summed E-state index contributed by atoms with van der Waals surface area (Å²) in [5, 5.41) is 0. The van der Waals surface area contributed by atoms with Crippen molar-refractivity contribution >= 4 is 5.69 Å². The lowest BCUT2D eigenvalue weighted by molar-refractivity contribution is 0.339. The Kier molecular flexibility index (Phi) is 2.65. The number of rotatable bonds is 1. The lowest BCUT2D eigenvalue weighted by Crippen LogP contribution is -2.15. The molecule has 1 aromatic rings. The number of anilines is 1. The van der Waals surface area contributed by atoms with Crippen LogP contribution in [-0.2, 0) is 0 Å². The average molecular weight is 177 g/mol. The van der Waals surface area contributed by atoms with Crippen LogP contribution in [-0.4, -0.2) is 0 Å². The zero-order valence-corrected chi connectivity index (χ0v) is 8.96. The summed E-state index contributed by atoms with van der Waals surface area (Å²) in [6, 6.07) is 8.16. The Labute approximate surface area is 81.0 Å². The van der Waals surface area contributed by atoms with Crippen LogP contribution in [0.4, 0.5) is 5.69 Å². The molecule has 0 spiro atoms. The molecular formula is C12H19N. The first-order valence-corrected chi connectivity index (χ1v) is 4.76. The molecule has 2 N–H and O–H groups in total. The normalized spacial score (nSPS) is 14.2.